The summed E-state index contributed by atoms with van der Waals surface area (Å²) >= 11 is 0. The lowest BCUT2D eigenvalue weighted by molar-refractivity contribution is -0.130. The molecule has 0 aliphatic heterocycles. The van der Waals surface area contributed by atoms with E-state index >= 15 is 0 Å². The summed E-state index contributed by atoms with van der Waals surface area (Å²) in [6.07, 6.45) is 2.16. The van der Waals surface area contributed by atoms with Gasteiger partial charge < -0.3 is 9.88 Å². The van der Waals surface area contributed by atoms with E-state index < -0.39 is 0 Å². The Morgan fingerprint density at radius 3 is 2.61 bits per heavy atom. The first-order valence-corrected chi connectivity index (χ1v) is 7.51. The molecule has 0 unspecified atom stereocenters. The molecule has 0 fully saturated rings. The number of para-hydroxylation sites is 1. The van der Waals surface area contributed by atoms with E-state index in [0.29, 0.717) is 13.0 Å². The number of nitriles is 1. The average Bonchev–Trinajstić information content (AvgIpc) is 2.99. The molecule has 0 saturated heterocycles. The molecular weight excluding hydrogens is 286 g/mol. The molecule has 0 aliphatic carbocycles. The zero-order valence-corrected chi connectivity index (χ0v) is 12.7. The van der Waals surface area contributed by atoms with E-state index in [-0.39, 0.29) is 12.5 Å². The molecule has 3 aromatic rings. The number of H-pyrrole nitrogens is 1. The molecule has 0 radical (unpaired) electrons. The van der Waals surface area contributed by atoms with Gasteiger partial charge in [0.15, 0.2) is 0 Å². The second-order valence-corrected chi connectivity index (χ2v) is 5.43. The molecule has 114 valence electrons. The highest BCUT2D eigenvalue weighted by Crippen LogP contribution is 2.19. The highest BCUT2D eigenvalue weighted by molar-refractivity contribution is 5.88. The van der Waals surface area contributed by atoms with Gasteiger partial charge in [-0.05, 0) is 17.2 Å². The van der Waals surface area contributed by atoms with Crippen LogP contribution in [0.25, 0.3) is 10.9 Å². The molecule has 4 nitrogen and oxygen atoms in total. The van der Waals surface area contributed by atoms with Crippen LogP contribution in [0.3, 0.4) is 0 Å². The van der Waals surface area contributed by atoms with Crippen LogP contribution in [0.2, 0.25) is 0 Å². The van der Waals surface area contributed by atoms with Gasteiger partial charge in [0.25, 0.3) is 0 Å². The number of fused-ring (bicyclic) bond motifs is 1. The zero-order chi connectivity index (χ0) is 16.1. The maximum Gasteiger partial charge on any atom is 0.228 e. The van der Waals surface area contributed by atoms with Crippen molar-refractivity contribution >= 4 is 16.8 Å². The van der Waals surface area contributed by atoms with Crippen LogP contribution in [0.4, 0.5) is 0 Å². The number of carbonyl (C=O) groups is 1. The summed E-state index contributed by atoms with van der Waals surface area (Å²) in [4.78, 5) is 17.4. The molecule has 0 saturated carbocycles. The van der Waals surface area contributed by atoms with Crippen LogP contribution in [0, 0.1) is 11.3 Å². The fourth-order valence-corrected chi connectivity index (χ4v) is 2.67. The molecule has 0 spiro atoms. The Morgan fingerprint density at radius 2 is 1.83 bits per heavy atom. The van der Waals surface area contributed by atoms with Crippen molar-refractivity contribution in [2.45, 2.75) is 13.0 Å². The zero-order valence-electron chi connectivity index (χ0n) is 12.7. The molecule has 1 aromatic heterocycles. The van der Waals surface area contributed by atoms with E-state index in [1.54, 1.807) is 4.90 Å². The van der Waals surface area contributed by atoms with Gasteiger partial charge in [0.1, 0.15) is 6.54 Å². The fourth-order valence-electron chi connectivity index (χ4n) is 2.67. The number of benzene rings is 2. The monoisotopic (exact) mass is 303 g/mol. The fraction of sp³-hybridized carbons (Fsp3) is 0.158. The van der Waals surface area contributed by atoms with Crippen LogP contribution < -0.4 is 0 Å². The lowest BCUT2D eigenvalue weighted by Gasteiger charge is -2.19. The first kappa shape index (κ1) is 14.9. The molecule has 0 atom stereocenters. The van der Waals surface area contributed by atoms with Crippen molar-refractivity contribution < 1.29 is 4.79 Å². The van der Waals surface area contributed by atoms with Crippen molar-refractivity contribution in [3.8, 4) is 6.07 Å². The summed E-state index contributed by atoms with van der Waals surface area (Å²) in [5, 5.41) is 10.1. The van der Waals surface area contributed by atoms with E-state index in [1.165, 1.54) is 0 Å². The third-order valence-corrected chi connectivity index (χ3v) is 3.85. The minimum absolute atomic E-state index is 0.0415. The highest BCUT2D eigenvalue weighted by Gasteiger charge is 2.16. The maximum absolute atomic E-state index is 12.6. The van der Waals surface area contributed by atoms with Gasteiger partial charge in [0, 0.05) is 23.6 Å². The van der Waals surface area contributed by atoms with Crippen molar-refractivity contribution in [1.29, 1.82) is 5.26 Å². The van der Waals surface area contributed by atoms with Crippen molar-refractivity contribution in [3.63, 3.8) is 0 Å². The Balaban J connectivity index is 1.77. The molecule has 1 amide bonds. The standard InChI is InChI=1S/C19H17N3O/c20-10-11-22(14-15-6-2-1-3-7-15)19(23)12-16-13-21-18-9-5-4-8-17(16)18/h1-9,13,21H,11-12,14H2. The minimum atomic E-state index is -0.0415. The number of nitrogens with one attached hydrogen (secondary N) is 1. The topological polar surface area (TPSA) is 59.9 Å². The van der Waals surface area contributed by atoms with Crippen molar-refractivity contribution in [1.82, 2.24) is 9.88 Å². The van der Waals surface area contributed by atoms with Gasteiger partial charge in [-0.1, -0.05) is 48.5 Å². The lowest BCUT2D eigenvalue weighted by atomic mass is 10.1. The predicted octanol–water partition coefficient (Wildman–Crippen LogP) is 3.26. The van der Waals surface area contributed by atoms with Crippen LogP contribution in [-0.4, -0.2) is 22.3 Å². The molecule has 1 heterocycles. The molecule has 3 rings (SSSR count). The number of hydrogen-bond donors (Lipinski definition) is 1. The van der Waals surface area contributed by atoms with E-state index in [2.05, 4.69) is 11.1 Å². The Morgan fingerprint density at radius 1 is 1.09 bits per heavy atom. The van der Waals surface area contributed by atoms with E-state index in [4.69, 9.17) is 5.26 Å². The third-order valence-electron chi connectivity index (χ3n) is 3.85. The van der Waals surface area contributed by atoms with Crippen LogP contribution in [0.1, 0.15) is 11.1 Å². The normalized spacial score (nSPS) is 10.4. The third kappa shape index (κ3) is 3.41. The number of hydrogen-bond acceptors (Lipinski definition) is 2. The van der Waals surface area contributed by atoms with Gasteiger partial charge in [-0.2, -0.15) is 5.26 Å². The summed E-state index contributed by atoms with van der Waals surface area (Å²) in [5.74, 6) is -0.0415. The molecule has 23 heavy (non-hydrogen) atoms. The summed E-state index contributed by atoms with van der Waals surface area (Å²) in [6.45, 7) is 0.547. The SMILES string of the molecule is N#CCN(Cc1ccccc1)C(=O)Cc1c[nH]c2ccccc12. The molecule has 1 N–H and O–H groups in total. The van der Waals surface area contributed by atoms with E-state index in [1.807, 2.05) is 60.8 Å². The highest BCUT2D eigenvalue weighted by atomic mass is 16.2. The second kappa shape index (κ2) is 6.80. The number of aromatic nitrogens is 1. The molecule has 2 aromatic carbocycles. The largest absolute Gasteiger partial charge is 0.361 e. The van der Waals surface area contributed by atoms with Gasteiger partial charge >= 0.3 is 0 Å². The van der Waals surface area contributed by atoms with Gasteiger partial charge in [-0.15, -0.1) is 0 Å². The van der Waals surface area contributed by atoms with Crippen LogP contribution in [-0.2, 0) is 17.8 Å². The van der Waals surface area contributed by atoms with E-state index in [9.17, 15) is 4.79 Å². The van der Waals surface area contributed by atoms with Crippen molar-refractivity contribution in [2.75, 3.05) is 6.54 Å². The van der Waals surface area contributed by atoms with Crippen LogP contribution in [0.5, 0.6) is 0 Å². The van der Waals surface area contributed by atoms with Crippen LogP contribution >= 0.6 is 0 Å². The predicted molar refractivity (Wildman–Crippen MR) is 89.5 cm³/mol. The van der Waals surface area contributed by atoms with Gasteiger partial charge in [-0.25, -0.2) is 0 Å². The summed E-state index contributed by atoms with van der Waals surface area (Å²) in [5.41, 5.74) is 3.00. The van der Waals surface area contributed by atoms with Crippen LogP contribution in [0.15, 0.2) is 60.8 Å². The smallest absolute Gasteiger partial charge is 0.228 e. The Kier molecular flexibility index (Phi) is 4.39. The Hall–Kier alpha value is -3.06. The van der Waals surface area contributed by atoms with Crippen molar-refractivity contribution in [2.24, 2.45) is 0 Å². The number of carbonyl (C=O) groups excluding carboxylic acids is 1. The minimum Gasteiger partial charge on any atom is -0.361 e. The quantitative estimate of drug-likeness (QED) is 0.735. The summed E-state index contributed by atoms with van der Waals surface area (Å²) in [6, 6.07) is 19.7. The van der Waals surface area contributed by atoms with Gasteiger partial charge in [0.05, 0.1) is 12.5 Å². The molecular formula is C19H17N3O. The Bertz CT molecular complexity index is 846. The molecule has 0 bridgehead atoms. The maximum atomic E-state index is 12.6. The van der Waals surface area contributed by atoms with Gasteiger partial charge in [0.2, 0.25) is 5.91 Å². The average molecular weight is 303 g/mol. The number of aromatic amines is 1. The molecule has 0 aliphatic rings. The lowest BCUT2D eigenvalue weighted by Crippen LogP contribution is -2.32. The summed E-state index contributed by atoms with van der Waals surface area (Å²) < 4.78 is 0. The number of rotatable bonds is 5. The summed E-state index contributed by atoms with van der Waals surface area (Å²) in [7, 11) is 0. The second-order valence-electron chi connectivity index (χ2n) is 5.43. The van der Waals surface area contributed by atoms with Gasteiger partial charge in [-0.3, -0.25) is 4.79 Å². The van der Waals surface area contributed by atoms with Crippen molar-refractivity contribution in [3.05, 3.63) is 71.9 Å². The first-order chi connectivity index (χ1) is 11.3. The number of amides is 1. The number of nitrogens with zero attached hydrogens (tertiary/aromatic N) is 2. The first-order valence-electron chi connectivity index (χ1n) is 7.51. The molecule has 4 heteroatoms. The Labute approximate surface area is 135 Å². The van der Waals surface area contributed by atoms with E-state index in [0.717, 1.165) is 22.0 Å².